The van der Waals surface area contributed by atoms with Gasteiger partial charge in [0, 0.05) is 5.69 Å². The third-order valence-electron chi connectivity index (χ3n) is 4.18. The summed E-state index contributed by atoms with van der Waals surface area (Å²) in [6.07, 6.45) is 4.12. The molecular formula is C19H17N3O5. The third-order valence-corrected chi connectivity index (χ3v) is 4.18. The molecule has 0 atom stereocenters. The monoisotopic (exact) mass is 367 g/mol. The van der Waals surface area contributed by atoms with Gasteiger partial charge < -0.3 is 23.5 Å². The van der Waals surface area contributed by atoms with Crippen LogP contribution in [0.5, 0.6) is 0 Å². The zero-order valence-electron chi connectivity index (χ0n) is 14.8. The van der Waals surface area contributed by atoms with Gasteiger partial charge in [0.25, 0.3) is 5.91 Å². The van der Waals surface area contributed by atoms with E-state index in [2.05, 4.69) is 11.4 Å². The molecule has 0 unspecified atom stereocenters. The second-order valence-corrected chi connectivity index (χ2v) is 5.85. The smallest absolute Gasteiger partial charge is 0.341 e. The van der Waals surface area contributed by atoms with Crippen LogP contribution in [0.15, 0.2) is 45.8 Å². The molecule has 1 amide bonds. The van der Waals surface area contributed by atoms with Crippen LogP contribution in [0.3, 0.4) is 0 Å². The van der Waals surface area contributed by atoms with Crippen molar-refractivity contribution in [3.8, 4) is 6.07 Å². The summed E-state index contributed by atoms with van der Waals surface area (Å²) in [6, 6.07) is 7.12. The van der Waals surface area contributed by atoms with Crippen LogP contribution in [0, 0.1) is 25.2 Å². The molecule has 1 N–H and O–H groups in total. The second-order valence-electron chi connectivity index (χ2n) is 5.85. The van der Waals surface area contributed by atoms with Crippen LogP contribution < -0.4 is 5.32 Å². The number of amides is 1. The van der Waals surface area contributed by atoms with Gasteiger partial charge in [0.1, 0.15) is 23.9 Å². The van der Waals surface area contributed by atoms with Gasteiger partial charge in [-0.15, -0.1) is 0 Å². The Morgan fingerprint density at radius 1 is 1.30 bits per heavy atom. The number of ether oxygens (including phenoxy) is 1. The van der Waals surface area contributed by atoms with Gasteiger partial charge >= 0.3 is 5.97 Å². The number of rotatable bonds is 6. The fourth-order valence-electron chi connectivity index (χ4n) is 2.65. The van der Waals surface area contributed by atoms with E-state index in [0.717, 1.165) is 11.3 Å². The molecule has 0 aliphatic heterocycles. The van der Waals surface area contributed by atoms with Gasteiger partial charge in [0.15, 0.2) is 6.61 Å². The van der Waals surface area contributed by atoms with Gasteiger partial charge in [-0.05, 0) is 37.6 Å². The van der Waals surface area contributed by atoms with Crippen LogP contribution in [-0.4, -0.2) is 23.1 Å². The van der Waals surface area contributed by atoms with Crippen LogP contribution in [0.25, 0.3) is 0 Å². The Balaban J connectivity index is 1.76. The average Bonchev–Trinajstić information content (AvgIpc) is 3.40. The fourth-order valence-corrected chi connectivity index (χ4v) is 2.65. The lowest BCUT2D eigenvalue weighted by atomic mass is 10.2. The van der Waals surface area contributed by atoms with Gasteiger partial charge in [-0.1, -0.05) is 0 Å². The number of hydrogen-bond acceptors (Lipinski definition) is 6. The molecule has 0 fully saturated rings. The first-order chi connectivity index (χ1) is 13.0. The predicted octanol–water partition coefficient (Wildman–Crippen LogP) is 3.01. The number of furan rings is 2. The standard InChI is InChI=1S/C19H17N3O5/c1-12-13(2)22(9-15-4-3-6-26-15)18(16(12)8-20)21-17(23)11-27-19(24)14-5-7-25-10-14/h3-7,10H,9,11H2,1-2H3,(H,21,23). The molecule has 8 heteroatoms. The van der Waals surface area contributed by atoms with E-state index in [0.29, 0.717) is 23.7 Å². The Kier molecular flexibility index (Phi) is 5.13. The molecule has 8 nitrogen and oxygen atoms in total. The Morgan fingerprint density at radius 3 is 2.74 bits per heavy atom. The Morgan fingerprint density at radius 2 is 2.11 bits per heavy atom. The van der Waals surface area contributed by atoms with Crippen LogP contribution in [0.1, 0.15) is 32.9 Å². The summed E-state index contributed by atoms with van der Waals surface area (Å²) in [6.45, 7) is 3.53. The van der Waals surface area contributed by atoms with E-state index in [4.69, 9.17) is 13.6 Å². The Hall–Kier alpha value is -3.73. The maximum absolute atomic E-state index is 12.3. The summed E-state index contributed by atoms with van der Waals surface area (Å²) >= 11 is 0. The average molecular weight is 367 g/mol. The maximum Gasteiger partial charge on any atom is 0.341 e. The largest absolute Gasteiger partial charge is 0.472 e. The van der Waals surface area contributed by atoms with Crippen LogP contribution in [0.4, 0.5) is 5.82 Å². The molecule has 3 aromatic rings. The van der Waals surface area contributed by atoms with Crippen LogP contribution in [-0.2, 0) is 16.1 Å². The second kappa shape index (κ2) is 7.66. The lowest BCUT2D eigenvalue weighted by molar-refractivity contribution is -0.119. The number of anilines is 1. The number of hydrogen-bond donors (Lipinski definition) is 1. The molecule has 3 aromatic heterocycles. The normalized spacial score (nSPS) is 10.4. The first kappa shape index (κ1) is 18.1. The summed E-state index contributed by atoms with van der Waals surface area (Å²) < 4.78 is 16.9. The molecule has 0 aliphatic carbocycles. The molecule has 0 bridgehead atoms. The molecule has 3 rings (SSSR count). The quantitative estimate of drug-likeness (QED) is 0.671. The fraction of sp³-hybridized carbons (Fsp3) is 0.211. The lowest BCUT2D eigenvalue weighted by Crippen LogP contribution is -2.23. The molecule has 0 aliphatic rings. The van der Waals surface area contributed by atoms with Crippen molar-refractivity contribution in [1.82, 2.24) is 4.57 Å². The number of esters is 1. The molecule has 0 radical (unpaired) electrons. The highest BCUT2D eigenvalue weighted by molar-refractivity contribution is 5.95. The van der Waals surface area contributed by atoms with Crippen molar-refractivity contribution >= 4 is 17.7 Å². The van der Waals surface area contributed by atoms with Gasteiger partial charge in [-0.2, -0.15) is 5.26 Å². The minimum absolute atomic E-state index is 0.216. The third kappa shape index (κ3) is 3.77. The molecule has 27 heavy (non-hydrogen) atoms. The summed E-state index contributed by atoms with van der Waals surface area (Å²) in [7, 11) is 0. The zero-order valence-corrected chi connectivity index (χ0v) is 14.8. The zero-order chi connectivity index (χ0) is 19.4. The van der Waals surface area contributed by atoms with Crippen molar-refractivity contribution in [1.29, 1.82) is 5.26 Å². The van der Waals surface area contributed by atoms with Gasteiger partial charge in [0.05, 0.1) is 30.2 Å². The van der Waals surface area contributed by atoms with Crippen molar-refractivity contribution < 1.29 is 23.2 Å². The van der Waals surface area contributed by atoms with E-state index in [9.17, 15) is 14.9 Å². The summed E-state index contributed by atoms with van der Waals surface area (Å²) in [5.74, 6) is -0.202. The molecule has 0 spiro atoms. The minimum atomic E-state index is -0.669. The van der Waals surface area contributed by atoms with E-state index < -0.39 is 18.5 Å². The minimum Gasteiger partial charge on any atom is -0.472 e. The number of carbonyl (C=O) groups is 2. The SMILES string of the molecule is Cc1c(C#N)c(NC(=O)COC(=O)c2ccoc2)n(Cc2ccco2)c1C. The molecule has 3 heterocycles. The Bertz CT molecular complexity index is 991. The van der Waals surface area contributed by atoms with Crippen molar-refractivity contribution in [2.45, 2.75) is 20.4 Å². The maximum atomic E-state index is 12.3. The predicted molar refractivity (Wildman–Crippen MR) is 94.1 cm³/mol. The molecular weight excluding hydrogens is 350 g/mol. The number of nitrogens with zero attached hydrogens (tertiary/aromatic N) is 2. The van der Waals surface area contributed by atoms with E-state index in [1.807, 2.05) is 6.92 Å². The van der Waals surface area contributed by atoms with E-state index in [1.165, 1.54) is 18.6 Å². The number of nitriles is 1. The summed E-state index contributed by atoms with van der Waals surface area (Å²) in [5, 5.41) is 12.1. The first-order valence-electron chi connectivity index (χ1n) is 8.12. The number of carbonyl (C=O) groups excluding carboxylic acids is 2. The molecule has 0 saturated carbocycles. The van der Waals surface area contributed by atoms with E-state index in [-0.39, 0.29) is 5.56 Å². The van der Waals surface area contributed by atoms with E-state index in [1.54, 1.807) is 29.9 Å². The van der Waals surface area contributed by atoms with Crippen LogP contribution in [0.2, 0.25) is 0 Å². The molecule has 0 saturated heterocycles. The summed E-state index contributed by atoms with van der Waals surface area (Å²) in [4.78, 5) is 24.1. The van der Waals surface area contributed by atoms with Gasteiger partial charge in [0.2, 0.25) is 0 Å². The van der Waals surface area contributed by atoms with Crippen molar-refractivity contribution in [2.75, 3.05) is 11.9 Å². The van der Waals surface area contributed by atoms with Crippen molar-refractivity contribution in [3.05, 3.63) is 65.1 Å². The topological polar surface area (TPSA) is 110 Å². The highest BCUT2D eigenvalue weighted by Crippen LogP contribution is 2.27. The number of aromatic nitrogens is 1. The molecule has 0 aromatic carbocycles. The highest BCUT2D eigenvalue weighted by atomic mass is 16.5. The van der Waals surface area contributed by atoms with E-state index >= 15 is 0 Å². The van der Waals surface area contributed by atoms with Gasteiger partial charge in [-0.3, -0.25) is 4.79 Å². The Labute approximate surface area is 154 Å². The van der Waals surface area contributed by atoms with Crippen molar-refractivity contribution in [3.63, 3.8) is 0 Å². The lowest BCUT2D eigenvalue weighted by Gasteiger charge is -2.12. The van der Waals surface area contributed by atoms with Crippen molar-refractivity contribution in [2.24, 2.45) is 0 Å². The van der Waals surface area contributed by atoms with Crippen LogP contribution >= 0.6 is 0 Å². The first-order valence-corrected chi connectivity index (χ1v) is 8.12. The number of nitrogens with one attached hydrogen (secondary N) is 1. The summed E-state index contributed by atoms with van der Waals surface area (Å²) in [5.41, 5.74) is 2.16. The molecule has 138 valence electrons. The highest BCUT2D eigenvalue weighted by Gasteiger charge is 2.21. The van der Waals surface area contributed by atoms with Gasteiger partial charge in [-0.25, -0.2) is 4.79 Å².